The van der Waals surface area contributed by atoms with Gasteiger partial charge in [0.2, 0.25) is 0 Å². The van der Waals surface area contributed by atoms with Crippen LogP contribution in [0.2, 0.25) is 0 Å². The summed E-state index contributed by atoms with van der Waals surface area (Å²) in [5.41, 5.74) is 0. The Morgan fingerprint density at radius 3 is 2.12 bits per heavy atom. The summed E-state index contributed by atoms with van der Waals surface area (Å²) in [4.78, 5) is 0. The van der Waals surface area contributed by atoms with Gasteiger partial charge in [0.15, 0.2) is 6.61 Å². The first-order chi connectivity index (χ1) is 7.68. The second-order valence-electron chi connectivity index (χ2n) is 3.76. The molecule has 0 aromatic heterocycles. The van der Waals surface area contributed by atoms with E-state index >= 15 is 0 Å². The summed E-state index contributed by atoms with van der Waals surface area (Å²) >= 11 is 0. The van der Waals surface area contributed by atoms with Crippen molar-refractivity contribution < 1.29 is 34.3 Å². The topological polar surface area (TPSA) is 52.6 Å². The number of alkyl halides is 4. The van der Waals surface area contributed by atoms with Crippen LogP contribution in [0.5, 0.6) is 0 Å². The SMILES string of the molecule is O=S(=O)(OCC(F)(F)F)OC1CCC(F)CC1. The van der Waals surface area contributed by atoms with E-state index < -0.39 is 35.5 Å². The summed E-state index contributed by atoms with van der Waals surface area (Å²) in [7, 11) is -4.67. The zero-order valence-corrected chi connectivity index (χ0v) is 9.56. The summed E-state index contributed by atoms with van der Waals surface area (Å²) in [5, 5.41) is 0. The zero-order chi connectivity index (χ0) is 13.1. The first kappa shape index (κ1) is 14.7. The molecule has 17 heavy (non-hydrogen) atoms. The highest BCUT2D eigenvalue weighted by Gasteiger charge is 2.33. The van der Waals surface area contributed by atoms with Gasteiger partial charge in [-0.05, 0) is 25.7 Å². The van der Waals surface area contributed by atoms with Gasteiger partial charge in [-0.2, -0.15) is 21.6 Å². The molecule has 0 unspecified atom stereocenters. The van der Waals surface area contributed by atoms with Crippen molar-refractivity contribution in [2.75, 3.05) is 6.61 Å². The van der Waals surface area contributed by atoms with E-state index in [0.717, 1.165) is 0 Å². The van der Waals surface area contributed by atoms with Crippen molar-refractivity contribution in [3.8, 4) is 0 Å². The average molecular weight is 280 g/mol. The maximum absolute atomic E-state index is 12.7. The molecule has 0 saturated heterocycles. The second-order valence-corrected chi connectivity index (χ2v) is 5.00. The van der Waals surface area contributed by atoms with Gasteiger partial charge < -0.3 is 0 Å². The van der Waals surface area contributed by atoms with Crippen LogP contribution in [-0.2, 0) is 18.8 Å². The lowest BCUT2D eigenvalue weighted by atomic mass is 9.96. The second kappa shape index (κ2) is 5.49. The Morgan fingerprint density at radius 2 is 1.65 bits per heavy atom. The van der Waals surface area contributed by atoms with Gasteiger partial charge in [0.05, 0.1) is 6.10 Å². The molecule has 0 spiro atoms. The van der Waals surface area contributed by atoms with Gasteiger partial charge in [-0.3, -0.25) is 0 Å². The Morgan fingerprint density at radius 1 is 1.12 bits per heavy atom. The van der Waals surface area contributed by atoms with Crippen molar-refractivity contribution in [3.63, 3.8) is 0 Å². The van der Waals surface area contributed by atoms with Crippen molar-refractivity contribution in [1.29, 1.82) is 0 Å². The molecule has 1 fully saturated rings. The van der Waals surface area contributed by atoms with E-state index in [-0.39, 0.29) is 25.7 Å². The normalized spacial score (nSPS) is 27.1. The molecule has 0 aromatic carbocycles. The third-order valence-corrected chi connectivity index (χ3v) is 3.14. The van der Waals surface area contributed by atoms with Crippen molar-refractivity contribution in [3.05, 3.63) is 0 Å². The van der Waals surface area contributed by atoms with Crippen LogP contribution in [0, 0.1) is 0 Å². The molecule has 0 atom stereocenters. The van der Waals surface area contributed by atoms with E-state index in [9.17, 15) is 26.0 Å². The van der Waals surface area contributed by atoms with Gasteiger partial charge in [0.25, 0.3) is 0 Å². The quantitative estimate of drug-likeness (QED) is 0.740. The predicted molar refractivity (Wildman–Crippen MR) is 49.2 cm³/mol. The van der Waals surface area contributed by atoms with Gasteiger partial charge in [-0.1, -0.05) is 0 Å². The van der Waals surface area contributed by atoms with E-state index in [0.29, 0.717) is 0 Å². The lowest BCUT2D eigenvalue weighted by Crippen LogP contribution is -2.28. The number of rotatable bonds is 4. The predicted octanol–water partition coefficient (Wildman–Crippen LogP) is 2.11. The van der Waals surface area contributed by atoms with Gasteiger partial charge >= 0.3 is 16.6 Å². The molecular weight excluding hydrogens is 268 g/mol. The summed E-state index contributed by atoms with van der Waals surface area (Å²) in [5.74, 6) is 0. The molecule has 1 saturated carbocycles. The Labute approximate surface area is 96.2 Å². The van der Waals surface area contributed by atoms with Crippen LogP contribution < -0.4 is 0 Å². The van der Waals surface area contributed by atoms with Crippen LogP contribution in [0.15, 0.2) is 0 Å². The number of hydrogen-bond acceptors (Lipinski definition) is 4. The van der Waals surface area contributed by atoms with E-state index in [1.807, 2.05) is 0 Å². The molecule has 9 heteroatoms. The highest BCUT2D eigenvalue weighted by molar-refractivity contribution is 7.81. The summed E-state index contributed by atoms with van der Waals surface area (Å²) in [6.45, 7) is -1.92. The van der Waals surface area contributed by atoms with Crippen molar-refractivity contribution >= 4 is 10.4 Å². The van der Waals surface area contributed by atoms with Gasteiger partial charge in [-0.25, -0.2) is 12.8 Å². The van der Waals surface area contributed by atoms with E-state index in [4.69, 9.17) is 0 Å². The summed E-state index contributed by atoms with van der Waals surface area (Å²) in [6.07, 6.45) is -5.98. The number of halogens is 4. The van der Waals surface area contributed by atoms with Crippen LogP contribution in [0.1, 0.15) is 25.7 Å². The van der Waals surface area contributed by atoms with Crippen LogP contribution in [-0.4, -0.2) is 33.5 Å². The minimum absolute atomic E-state index is 0.138. The molecule has 0 N–H and O–H groups in total. The minimum atomic E-state index is -4.74. The third-order valence-electron chi connectivity index (χ3n) is 2.22. The first-order valence-electron chi connectivity index (χ1n) is 4.96. The Bertz CT molecular complexity index is 332. The molecule has 0 radical (unpaired) electrons. The number of hydrogen-bond donors (Lipinski definition) is 0. The Hall–Kier alpha value is -0.410. The van der Waals surface area contributed by atoms with Crippen molar-refractivity contribution in [2.24, 2.45) is 0 Å². The standard InChI is InChI=1S/C8H12F4O4S/c9-6-1-3-7(4-2-6)16-17(13,14)15-5-8(10,11)12/h6-7H,1-5H2. The van der Waals surface area contributed by atoms with Crippen LogP contribution >= 0.6 is 0 Å². The monoisotopic (exact) mass is 280 g/mol. The molecular formula is C8H12F4O4S. The van der Waals surface area contributed by atoms with Crippen LogP contribution in [0.3, 0.4) is 0 Å². The first-order valence-corrected chi connectivity index (χ1v) is 6.30. The summed E-state index contributed by atoms with van der Waals surface area (Å²) in [6, 6.07) is 0. The maximum atomic E-state index is 12.7. The Balaban J connectivity index is 2.39. The molecule has 1 aliphatic carbocycles. The zero-order valence-electron chi connectivity index (χ0n) is 8.74. The van der Waals surface area contributed by atoms with E-state index in [2.05, 4.69) is 8.37 Å². The largest absolute Gasteiger partial charge is 0.413 e. The molecule has 0 amide bonds. The molecule has 1 rings (SSSR count). The third kappa shape index (κ3) is 6.18. The highest BCUT2D eigenvalue weighted by Crippen LogP contribution is 2.25. The van der Waals surface area contributed by atoms with Crippen LogP contribution in [0.25, 0.3) is 0 Å². The lowest BCUT2D eigenvalue weighted by molar-refractivity contribution is -0.154. The molecule has 0 bridgehead atoms. The molecule has 0 aromatic rings. The average Bonchev–Trinajstić information content (AvgIpc) is 2.18. The smallest absolute Gasteiger partial charge is 0.247 e. The van der Waals surface area contributed by atoms with Crippen molar-refractivity contribution in [1.82, 2.24) is 0 Å². The van der Waals surface area contributed by atoms with E-state index in [1.165, 1.54) is 0 Å². The fraction of sp³-hybridized carbons (Fsp3) is 1.00. The van der Waals surface area contributed by atoms with Crippen LogP contribution in [0.4, 0.5) is 17.6 Å². The molecule has 0 aliphatic heterocycles. The molecule has 4 nitrogen and oxygen atoms in total. The molecule has 102 valence electrons. The van der Waals surface area contributed by atoms with Gasteiger partial charge in [0, 0.05) is 0 Å². The minimum Gasteiger partial charge on any atom is -0.247 e. The van der Waals surface area contributed by atoms with Gasteiger partial charge in [-0.15, -0.1) is 0 Å². The fourth-order valence-electron chi connectivity index (χ4n) is 1.45. The fourth-order valence-corrected chi connectivity index (χ4v) is 2.31. The summed E-state index contributed by atoms with van der Waals surface area (Å²) < 4.78 is 77.9. The van der Waals surface area contributed by atoms with Gasteiger partial charge in [0.1, 0.15) is 6.17 Å². The van der Waals surface area contributed by atoms with E-state index in [1.54, 1.807) is 0 Å². The lowest BCUT2D eigenvalue weighted by Gasteiger charge is -2.23. The molecule has 0 heterocycles. The van der Waals surface area contributed by atoms with Crippen molar-refractivity contribution in [2.45, 2.75) is 44.1 Å². The molecule has 1 aliphatic rings. The Kier molecular flexibility index (Phi) is 4.73. The maximum Gasteiger partial charge on any atom is 0.413 e. The highest BCUT2D eigenvalue weighted by atomic mass is 32.3.